The van der Waals surface area contributed by atoms with Crippen LogP contribution in [0.5, 0.6) is 0 Å². The highest BCUT2D eigenvalue weighted by atomic mass is 35.5. The van der Waals surface area contributed by atoms with Crippen LogP contribution in [-0.4, -0.2) is 40.8 Å². The fourth-order valence-corrected chi connectivity index (χ4v) is 2.68. The molecule has 0 spiro atoms. The molecule has 1 aliphatic heterocycles. The molecule has 0 amide bonds. The van der Waals surface area contributed by atoms with Crippen molar-refractivity contribution >= 4 is 12.4 Å². The third-order valence-electron chi connectivity index (χ3n) is 3.63. The summed E-state index contributed by atoms with van der Waals surface area (Å²) in [5.41, 5.74) is 3.63. The molecule has 2 N–H and O–H groups in total. The van der Waals surface area contributed by atoms with Crippen molar-refractivity contribution in [1.82, 2.24) is 20.4 Å². The van der Waals surface area contributed by atoms with Crippen molar-refractivity contribution in [3.63, 3.8) is 0 Å². The number of hydrogen-bond donors (Lipinski definition) is 2. The monoisotopic (exact) mass is 292 g/mol. The molecule has 1 aromatic heterocycles. The molecular formula is C15H21ClN4. The molecule has 3 rings (SSSR count). The highest BCUT2D eigenvalue weighted by Crippen LogP contribution is 2.22. The van der Waals surface area contributed by atoms with E-state index in [9.17, 15) is 0 Å². The second-order valence-corrected chi connectivity index (χ2v) is 5.23. The third-order valence-corrected chi connectivity index (χ3v) is 3.63. The van der Waals surface area contributed by atoms with Crippen LogP contribution in [0.1, 0.15) is 12.5 Å². The summed E-state index contributed by atoms with van der Waals surface area (Å²) < 4.78 is 0. The molecule has 0 aliphatic carbocycles. The van der Waals surface area contributed by atoms with Gasteiger partial charge in [-0.3, -0.25) is 10.00 Å². The summed E-state index contributed by atoms with van der Waals surface area (Å²) in [6.07, 6.45) is 1.95. The molecule has 0 radical (unpaired) electrons. The first-order chi connectivity index (χ1) is 9.33. The minimum Gasteiger partial charge on any atom is -0.312 e. The lowest BCUT2D eigenvalue weighted by Gasteiger charge is -2.31. The van der Waals surface area contributed by atoms with E-state index in [4.69, 9.17) is 0 Å². The first-order valence-electron chi connectivity index (χ1n) is 6.86. The Bertz CT molecular complexity index is 526. The maximum Gasteiger partial charge on any atom is 0.0695 e. The molecule has 4 nitrogen and oxygen atoms in total. The molecule has 108 valence electrons. The smallest absolute Gasteiger partial charge is 0.0695 e. The summed E-state index contributed by atoms with van der Waals surface area (Å²) in [5, 5.41) is 10.8. The van der Waals surface area contributed by atoms with Gasteiger partial charge in [-0.05, 0) is 12.5 Å². The summed E-state index contributed by atoms with van der Waals surface area (Å²) in [6, 6.07) is 11.0. The van der Waals surface area contributed by atoms with Gasteiger partial charge in [0.2, 0.25) is 0 Å². The number of piperazine rings is 1. The Morgan fingerprint density at radius 3 is 2.85 bits per heavy atom. The van der Waals surface area contributed by atoms with Crippen molar-refractivity contribution in [3.8, 4) is 11.3 Å². The van der Waals surface area contributed by atoms with Gasteiger partial charge in [0.1, 0.15) is 0 Å². The average molecular weight is 293 g/mol. The Labute approximate surface area is 126 Å². The van der Waals surface area contributed by atoms with Gasteiger partial charge in [0.25, 0.3) is 0 Å². The van der Waals surface area contributed by atoms with Crippen LogP contribution in [0.25, 0.3) is 11.3 Å². The maximum absolute atomic E-state index is 4.22. The molecule has 1 atom stereocenters. The number of H-pyrrole nitrogens is 1. The predicted octanol–water partition coefficient (Wildman–Crippen LogP) is 2.29. The van der Waals surface area contributed by atoms with E-state index in [-0.39, 0.29) is 12.4 Å². The van der Waals surface area contributed by atoms with Gasteiger partial charge in [0.05, 0.1) is 11.9 Å². The molecule has 0 saturated carbocycles. The van der Waals surface area contributed by atoms with Crippen LogP contribution in [0.3, 0.4) is 0 Å². The lowest BCUT2D eigenvalue weighted by Crippen LogP contribution is -2.48. The van der Waals surface area contributed by atoms with Gasteiger partial charge < -0.3 is 5.32 Å². The first-order valence-corrected chi connectivity index (χ1v) is 6.86. The van der Waals surface area contributed by atoms with Gasteiger partial charge in [-0.25, -0.2) is 0 Å². The SMILES string of the molecule is C[C@@H]1CN(Cc2cn[nH]c2-c2ccccc2)CCN1.Cl. The van der Waals surface area contributed by atoms with Crippen molar-refractivity contribution in [2.45, 2.75) is 19.5 Å². The minimum absolute atomic E-state index is 0. The average Bonchev–Trinajstić information content (AvgIpc) is 2.88. The standard InChI is InChI=1S/C15H20N4.ClH/c1-12-10-19(8-7-16-12)11-14-9-17-18-15(14)13-5-3-2-4-6-13;/h2-6,9,12,16H,7-8,10-11H2,1H3,(H,17,18);1H/t12-;/m1./s1. The van der Waals surface area contributed by atoms with Gasteiger partial charge in [-0.2, -0.15) is 5.10 Å². The Balaban J connectivity index is 0.00000147. The number of rotatable bonds is 3. The largest absolute Gasteiger partial charge is 0.312 e. The van der Waals surface area contributed by atoms with Crippen molar-refractivity contribution in [2.24, 2.45) is 0 Å². The number of halogens is 1. The Morgan fingerprint density at radius 1 is 1.30 bits per heavy atom. The zero-order chi connectivity index (χ0) is 13.1. The highest BCUT2D eigenvalue weighted by Gasteiger charge is 2.17. The molecule has 2 aromatic rings. The molecule has 0 bridgehead atoms. The molecule has 1 aliphatic rings. The number of hydrogen-bond acceptors (Lipinski definition) is 3. The summed E-state index contributed by atoms with van der Waals surface area (Å²) in [7, 11) is 0. The normalized spacial score (nSPS) is 19.6. The Hall–Kier alpha value is -1.36. The van der Waals surface area contributed by atoms with Gasteiger partial charge >= 0.3 is 0 Å². The van der Waals surface area contributed by atoms with E-state index < -0.39 is 0 Å². The van der Waals surface area contributed by atoms with Crippen LogP contribution >= 0.6 is 12.4 Å². The van der Waals surface area contributed by atoms with Crippen LogP contribution in [0.4, 0.5) is 0 Å². The number of aromatic amines is 1. The third kappa shape index (κ3) is 3.39. The number of nitrogens with zero attached hydrogens (tertiary/aromatic N) is 2. The summed E-state index contributed by atoms with van der Waals surface area (Å²) in [4.78, 5) is 2.48. The second-order valence-electron chi connectivity index (χ2n) is 5.23. The maximum atomic E-state index is 4.22. The van der Waals surface area contributed by atoms with E-state index in [2.05, 4.69) is 51.6 Å². The lowest BCUT2D eigenvalue weighted by atomic mass is 10.1. The van der Waals surface area contributed by atoms with Crippen molar-refractivity contribution in [1.29, 1.82) is 0 Å². The summed E-state index contributed by atoms with van der Waals surface area (Å²) in [5.74, 6) is 0. The lowest BCUT2D eigenvalue weighted by molar-refractivity contribution is 0.200. The van der Waals surface area contributed by atoms with Crippen molar-refractivity contribution < 1.29 is 0 Å². The molecule has 5 heteroatoms. The molecule has 1 saturated heterocycles. The van der Waals surface area contributed by atoms with E-state index in [0.29, 0.717) is 6.04 Å². The van der Waals surface area contributed by atoms with Crippen molar-refractivity contribution in [3.05, 3.63) is 42.1 Å². The van der Waals surface area contributed by atoms with E-state index >= 15 is 0 Å². The highest BCUT2D eigenvalue weighted by molar-refractivity contribution is 5.85. The number of aromatic nitrogens is 2. The second kappa shape index (κ2) is 6.88. The van der Waals surface area contributed by atoms with Gasteiger partial charge in [-0.15, -0.1) is 12.4 Å². The quantitative estimate of drug-likeness (QED) is 0.912. The van der Waals surface area contributed by atoms with Gasteiger partial charge in [0, 0.05) is 37.8 Å². The number of nitrogens with one attached hydrogen (secondary N) is 2. The van der Waals surface area contributed by atoms with E-state index in [0.717, 1.165) is 31.9 Å². The zero-order valence-corrected chi connectivity index (χ0v) is 12.5. The Morgan fingerprint density at radius 2 is 2.10 bits per heavy atom. The summed E-state index contributed by atoms with van der Waals surface area (Å²) in [6.45, 7) is 6.47. The molecule has 1 aromatic carbocycles. The molecule has 20 heavy (non-hydrogen) atoms. The summed E-state index contributed by atoms with van der Waals surface area (Å²) >= 11 is 0. The number of benzene rings is 1. The molecule has 1 fully saturated rings. The fourth-order valence-electron chi connectivity index (χ4n) is 2.68. The van der Waals surface area contributed by atoms with Crippen molar-refractivity contribution in [2.75, 3.05) is 19.6 Å². The molecular weight excluding hydrogens is 272 g/mol. The van der Waals surface area contributed by atoms with Crippen LogP contribution in [0.2, 0.25) is 0 Å². The van der Waals surface area contributed by atoms with Gasteiger partial charge in [0.15, 0.2) is 0 Å². The molecule has 0 unspecified atom stereocenters. The zero-order valence-electron chi connectivity index (χ0n) is 11.7. The molecule has 2 heterocycles. The van der Waals surface area contributed by atoms with E-state index in [1.165, 1.54) is 11.1 Å². The van der Waals surface area contributed by atoms with Crippen LogP contribution in [-0.2, 0) is 6.54 Å². The topological polar surface area (TPSA) is 44.0 Å². The van der Waals surface area contributed by atoms with Crippen LogP contribution in [0.15, 0.2) is 36.5 Å². The van der Waals surface area contributed by atoms with Gasteiger partial charge in [-0.1, -0.05) is 30.3 Å². The van der Waals surface area contributed by atoms with Crippen LogP contribution < -0.4 is 5.32 Å². The van der Waals surface area contributed by atoms with E-state index in [1.807, 2.05) is 12.3 Å². The predicted molar refractivity (Wildman–Crippen MR) is 84.0 cm³/mol. The Kier molecular flexibility index (Phi) is 5.17. The fraction of sp³-hybridized carbons (Fsp3) is 0.400. The first kappa shape index (κ1) is 15.0. The minimum atomic E-state index is 0. The van der Waals surface area contributed by atoms with Crippen LogP contribution in [0, 0.1) is 0 Å². The van der Waals surface area contributed by atoms with E-state index in [1.54, 1.807) is 0 Å².